The number of nitrogens with zero attached hydrogens (tertiary/aromatic N) is 2. The molecule has 0 amide bonds. The number of rotatable bonds is 5. The average molecular weight is 247 g/mol. The lowest BCUT2D eigenvalue weighted by atomic mass is 10.2. The molecule has 17 heavy (non-hydrogen) atoms. The van der Waals surface area contributed by atoms with Crippen LogP contribution in [-0.2, 0) is 6.54 Å². The summed E-state index contributed by atoms with van der Waals surface area (Å²) in [6.07, 6.45) is -2.62. The van der Waals surface area contributed by atoms with Crippen molar-refractivity contribution in [3.05, 3.63) is 23.9 Å². The van der Waals surface area contributed by atoms with Gasteiger partial charge in [-0.25, -0.2) is 4.98 Å². The molecule has 6 heteroatoms. The third-order valence-corrected chi connectivity index (χ3v) is 2.27. The summed E-state index contributed by atoms with van der Waals surface area (Å²) in [5.41, 5.74) is 0.944. The van der Waals surface area contributed by atoms with Crippen molar-refractivity contribution >= 4 is 5.82 Å². The van der Waals surface area contributed by atoms with Gasteiger partial charge in [0.1, 0.15) is 12.4 Å². The highest BCUT2D eigenvalue weighted by molar-refractivity contribution is 5.39. The molecular weight excluding hydrogens is 231 g/mol. The number of hydrogen-bond acceptors (Lipinski definition) is 3. The minimum Gasteiger partial charge on any atom is -0.348 e. The van der Waals surface area contributed by atoms with Crippen LogP contribution in [-0.4, -0.2) is 31.3 Å². The molecule has 0 aromatic carbocycles. The molecule has 0 aliphatic heterocycles. The largest absolute Gasteiger partial charge is 0.405 e. The standard InChI is InChI=1S/C11H16F3N3/c1-3-17(8-11(12,13)14)10-5-4-9(6-15-2)7-16-10/h4-5,7,15H,3,6,8H2,1-2H3. The Hall–Kier alpha value is -1.30. The van der Waals surface area contributed by atoms with E-state index in [9.17, 15) is 13.2 Å². The summed E-state index contributed by atoms with van der Waals surface area (Å²) < 4.78 is 36.9. The van der Waals surface area contributed by atoms with E-state index in [0.29, 0.717) is 12.4 Å². The van der Waals surface area contributed by atoms with Gasteiger partial charge in [0.2, 0.25) is 0 Å². The van der Waals surface area contributed by atoms with Crippen LogP contribution < -0.4 is 10.2 Å². The highest BCUT2D eigenvalue weighted by atomic mass is 19.4. The van der Waals surface area contributed by atoms with Gasteiger partial charge in [0.05, 0.1) is 0 Å². The average Bonchev–Trinajstić information content (AvgIpc) is 2.26. The SMILES string of the molecule is CCN(CC(F)(F)F)c1ccc(CNC)cn1. The van der Waals surface area contributed by atoms with Crippen LogP contribution in [0.4, 0.5) is 19.0 Å². The molecule has 1 N–H and O–H groups in total. The molecule has 0 fully saturated rings. The highest BCUT2D eigenvalue weighted by Gasteiger charge is 2.30. The van der Waals surface area contributed by atoms with Crippen LogP contribution in [0.5, 0.6) is 0 Å². The predicted molar refractivity (Wildman–Crippen MR) is 60.9 cm³/mol. The van der Waals surface area contributed by atoms with E-state index in [0.717, 1.165) is 5.56 Å². The second kappa shape index (κ2) is 5.86. The minimum absolute atomic E-state index is 0.276. The predicted octanol–water partition coefficient (Wildman–Crippen LogP) is 2.19. The first kappa shape index (κ1) is 13.8. The number of alkyl halides is 3. The first-order chi connectivity index (χ1) is 7.96. The molecule has 1 rings (SSSR count). The summed E-state index contributed by atoms with van der Waals surface area (Å²) in [5, 5.41) is 2.95. The summed E-state index contributed by atoms with van der Waals surface area (Å²) in [6, 6.07) is 3.39. The zero-order valence-electron chi connectivity index (χ0n) is 9.88. The monoisotopic (exact) mass is 247 g/mol. The first-order valence-corrected chi connectivity index (χ1v) is 5.37. The van der Waals surface area contributed by atoms with E-state index in [1.807, 2.05) is 0 Å². The molecule has 0 spiro atoms. The third-order valence-electron chi connectivity index (χ3n) is 2.27. The van der Waals surface area contributed by atoms with Crippen LogP contribution >= 0.6 is 0 Å². The molecule has 0 radical (unpaired) electrons. The van der Waals surface area contributed by atoms with Crippen LogP contribution in [0.2, 0.25) is 0 Å². The van der Waals surface area contributed by atoms with Crippen molar-refractivity contribution in [2.75, 3.05) is 25.0 Å². The molecule has 0 saturated heterocycles. The zero-order valence-corrected chi connectivity index (χ0v) is 9.88. The maximum Gasteiger partial charge on any atom is 0.405 e. The second-order valence-electron chi connectivity index (χ2n) is 3.68. The van der Waals surface area contributed by atoms with E-state index >= 15 is 0 Å². The summed E-state index contributed by atoms with van der Waals surface area (Å²) in [6.45, 7) is 1.63. The molecule has 0 bridgehead atoms. The Labute approximate surface area is 98.6 Å². The maximum atomic E-state index is 12.3. The van der Waals surface area contributed by atoms with Crippen molar-refractivity contribution in [1.82, 2.24) is 10.3 Å². The summed E-state index contributed by atoms with van der Waals surface area (Å²) in [5.74, 6) is 0.352. The number of nitrogens with one attached hydrogen (secondary N) is 1. The number of aromatic nitrogens is 1. The van der Waals surface area contributed by atoms with Gasteiger partial charge in [0, 0.05) is 19.3 Å². The van der Waals surface area contributed by atoms with Crippen molar-refractivity contribution in [1.29, 1.82) is 0 Å². The van der Waals surface area contributed by atoms with Gasteiger partial charge in [-0.1, -0.05) is 6.07 Å². The van der Waals surface area contributed by atoms with Crippen LogP contribution in [0.25, 0.3) is 0 Å². The Morgan fingerprint density at radius 3 is 2.47 bits per heavy atom. The molecule has 0 unspecified atom stereocenters. The van der Waals surface area contributed by atoms with Crippen LogP contribution in [0.15, 0.2) is 18.3 Å². The second-order valence-corrected chi connectivity index (χ2v) is 3.68. The van der Waals surface area contributed by atoms with Crippen LogP contribution in [0, 0.1) is 0 Å². The molecule has 0 aliphatic rings. The Morgan fingerprint density at radius 1 is 1.35 bits per heavy atom. The van der Waals surface area contributed by atoms with Crippen molar-refractivity contribution in [3.8, 4) is 0 Å². The normalized spacial score (nSPS) is 11.6. The van der Waals surface area contributed by atoms with Gasteiger partial charge in [0.25, 0.3) is 0 Å². The zero-order chi connectivity index (χ0) is 12.9. The summed E-state index contributed by atoms with van der Waals surface area (Å²) in [4.78, 5) is 5.24. The molecule has 1 aromatic heterocycles. The van der Waals surface area contributed by atoms with E-state index < -0.39 is 12.7 Å². The fraction of sp³-hybridized carbons (Fsp3) is 0.545. The lowest BCUT2D eigenvalue weighted by Crippen LogP contribution is -2.34. The number of pyridine rings is 1. The van der Waals surface area contributed by atoms with E-state index in [2.05, 4.69) is 10.3 Å². The van der Waals surface area contributed by atoms with Crippen molar-refractivity contribution in [3.63, 3.8) is 0 Å². The lowest BCUT2D eigenvalue weighted by molar-refractivity contribution is -0.119. The van der Waals surface area contributed by atoms with Gasteiger partial charge >= 0.3 is 6.18 Å². The smallest absolute Gasteiger partial charge is 0.348 e. The van der Waals surface area contributed by atoms with Gasteiger partial charge < -0.3 is 10.2 Å². The molecule has 3 nitrogen and oxygen atoms in total. The van der Waals surface area contributed by atoms with Gasteiger partial charge in [-0.2, -0.15) is 13.2 Å². The van der Waals surface area contributed by atoms with Crippen LogP contribution in [0.3, 0.4) is 0 Å². The summed E-state index contributed by atoms with van der Waals surface area (Å²) >= 11 is 0. The molecule has 0 aliphatic carbocycles. The molecule has 96 valence electrons. The fourth-order valence-electron chi connectivity index (χ4n) is 1.48. The molecular formula is C11H16F3N3. The van der Waals surface area contributed by atoms with Gasteiger partial charge in [-0.15, -0.1) is 0 Å². The van der Waals surface area contributed by atoms with Crippen molar-refractivity contribution < 1.29 is 13.2 Å². The maximum absolute atomic E-state index is 12.3. The van der Waals surface area contributed by atoms with Crippen molar-refractivity contribution in [2.24, 2.45) is 0 Å². The topological polar surface area (TPSA) is 28.2 Å². The Kier molecular flexibility index (Phi) is 4.74. The molecule has 1 aromatic rings. The van der Waals surface area contributed by atoms with E-state index in [1.165, 1.54) is 4.90 Å². The van der Waals surface area contributed by atoms with E-state index in [4.69, 9.17) is 0 Å². The Balaban J connectivity index is 2.75. The highest BCUT2D eigenvalue weighted by Crippen LogP contribution is 2.20. The van der Waals surface area contributed by atoms with E-state index in [-0.39, 0.29) is 6.54 Å². The first-order valence-electron chi connectivity index (χ1n) is 5.37. The Morgan fingerprint density at radius 2 is 2.06 bits per heavy atom. The van der Waals surface area contributed by atoms with E-state index in [1.54, 1.807) is 32.3 Å². The van der Waals surface area contributed by atoms with Gasteiger partial charge in [0.15, 0.2) is 0 Å². The third kappa shape index (κ3) is 4.60. The minimum atomic E-state index is -4.21. The van der Waals surface area contributed by atoms with Crippen LogP contribution in [0.1, 0.15) is 12.5 Å². The Bertz CT molecular complexity index is 335. The number of hydrogen-bond donors (Lipinski definition) is 1. The quantitative estimate of drug-likeness (QED) is 0.864. The van der Waals surface area contributed by atoms with Gasteiger partial charge in [-0.05, 0) is 25.6 Å². The van der Waals surface area contributed by atoms with Gasteiger partial charge in [-0.3, -0.25) is 0 Å². The summed E-state index contributed by atoms with van der Waals surface area (Å²) in [7, 11) is 1.80. The number of halogens is 3. The molecule has 0 atom stereocenters. The van der Waals surface area contributed by atoms with Crippen molar-refractivity contribution in [2.45, 2.75) is 19.6 Å². The molecule has 0 saturated carbocycles. The fourth-order valence-corrected chi connectivity index (χ4v) is 1.48. The lowest BCUT2D eigenvalue weighted by Gasteiger charge is -2.23. The molecule has 1 heterocycles. The number of anilines is 1.